The van der Waals surface area contributed by atoms with E-state index in [1.54, 1.807) is 17.9 Å². The third-order valence-corrected chi connectivity index (χ3v) is 5.28. The van der Waals surface area contributed by atoms with Crippen LogP contribution in [0.4, 0.5) is 5.13 Å². The summed E-state index contributed by atoms with van der Waals surface area (Å²) in [6.45, 7) is 4.92. The number of likely N-dealkylation sites (N-methyl/N-ethyl adjacent to an activating group) is 1. The van der Waals surface area contributed by atoms with Gasteiger partial charge in [-0.1, -0.05) is 28.1 Å². The van der Waals surface area contributed by atoms with Crippen molar-refractivity contribution in [2.75, 3.05) is 32.1 Å². The first-order chi connectivity index (χ1) is 11.9. The summed E-state index contributed by atoms with van der Waals surface area (Å²) in [5, 5.41) is 5.10. The minimum absolute atomic E-state index is 0.213. The van der Waals surface area contributed by atoms with Gasteiger partial charge in [-0.3, -0.25) is 9.69 Å². The number of nitrogens with zero attached hydrogens (tertiary/aromatic N) is 4. The van der Waals surface area contributed by atoms with Crippen molar-refractivity contribution < 1.29 is 9.32 Å². The summed E-state index contributed by atoms with van der Waals surface area (Å²) in [6, 6.07) is 5.42. The molecule has 8 heteroatoms. The summed E-state index contributed by atoms with van der Waals surface area (Å²) in [5.41, 5.74) is 2.41. The lowest BCUT2D eigenvalue weighted by atomic mass is 10.2. The number of halogens is 1. The number of carbonyl (C=O) groups excluding carboxylic acids is 1. The fourth-order valence-electron chi connectivity index (χ4n) is 2.39. The minimum atomic E-state index is -0.245. The molecule has 0 fully saturated rings. The van der Waals surface area contributed by atoms with Gasteiger partial charge in [0.1, 0.15) is 0 Å². The first-order valence-electron chi connectivity index (χ1n) is 7.82. The van der Waals surface area contributed by atoms with Gasteiger partial charge in [0.15, 0.2) is 5.13 Å². The molecule has 3 rings (SSSR count). The maximum atomic E-state index is 12.9. The zero-order valence-electron chi connectivity index (χ0n) is 14.5. The van der Waals surface area contributed by atoms with Crippen molar-refractivity contribution in [1.29, 1.82) is 0 Å². The van der Waals surface area contributed by atoms with Crippen LogP contribution in [0.1, 0.15) is 21.8 Å². The summed E-state index contributed by atoms with van der Waals surface area (Å²) in [7, 11) is 3.92. The van der Waals surface area contributed by atoms with Gasteiger partial charge >= 0.3 is 0 Å². The highest BCUT2D eigenvalue weighted by Crippen LogP contribution is 2.34. The zero-order chi connectivity index (χ0) is 18.1. The number of hydrogen-bond donors (Lipinski definition) is 0. The Balaban J connectivity index is 2.01. The number of hydrogen-bond acceptors (Lipinski definition) is 6. The maximum absolute atomic E-state index is 12.9. The van der Waals surface area contributed by atoms with E-state index in [2.05, 4.69) is 10.1 Å². The highest BCUT2D eigenvalue weighted by Gasteiger charge is 2.25. The molecular formula is C17H19ClN4O2S. The van der Waals surface area contributed by atoms with Crippen LogP contribution in [-0.2, 0) is 0 Å². The predicted molar refractivity (Wildman–Crippen MR) is 101 cm³/mol. The number of rotatable bonds is 5. The molecule has 0 radical (unpaired) electrons. The fourth-order valence-corrected chi connectivity index (χ4v) is 3.59. The standard InChI is InChI=1S/C17H19ClN4O2S/c1-10-9-13(24-20-10)16(23)22(8-7-21(3)4)17-19-15-11(2)12(18)5-6-14(15)25-17/h5-6,9H,7-8H2,1-4H3. The second-order valence-corrected chi connectivity index (χ2v) is 7.52. The Morgan fingerprint density at radius 2 is 2.04 bits per heavy atom. The molecular weight excluding hydrogens is 360 g/mol. The Bertz CT molecular complexity index is 919. The lowest BCUT2D eigenvalue weighted by Crippen LogP contribution is -2.36. The molecule has 0 aliphatic heterocycles. The van der Waals surface area contributed by atoms with Crippen molar-refractivity contribution in [3.63, 3.8) is 0 Å². The topological polar surface area (TPSA) is 62.5 Å². The van der Waals surface area contributed by atoms with E-state index in [4.69, 9.17) is 16.1 Å². The molecule has 0 aliphatic rings. The van der Waals surface area contributed by atoms with Crippen LogP contribution < -0.4 is 4.90 Å². The summed E-state index contributed by atoms with van der Waals surface area (Å²) < 4.78 is 6.15. The summed E-state index contributed by atoms with van der Waals surface area (Å²) in [5.74, 6) is -0.0319. The second kappa shape index (κ2) is 7.11. The highest BCUT2D eigenvalue weighted by atomic mass is 35.5. The van der Waals surface area contributed by atoms with Crippen LogP contribution in [0.2, 0.25) is 5.02 Å². The Kier molecular flexibility index (Phi) is 5.08. The van der Waals surface area contributed by atoms with E-state index in [0.717, 1.165) is 15.8 Å². The molecule has 6 nitrogen and oxygen atoms in total. The highest BCUT2D eigenvalue weighted by molar-refractivity contribution is 7.22. The largest absolute Gasteiger partial charge is 0.351 e. The number of amides is 1. The molecule has 132 valence electrons. The van der Waals surface area contributed by atoms with Crippen LogP contribution in [0.3, 0.4) is 0 Å². The van der Waals surface area contributed by atoms with Crippen molar-refractivity contribution in [2.24, 2.45) is 0 Å². The van der Waals surface area contributed by atoms with Gasteiger partial charge in [0.05, 0.1) is 15.9 Å². The molecule has 0 atom stereocenters. The molecule has 1 amide bonds. The SMILES string of the molecule is Cc1cc(C(=O)N(CCN(C)C)c2nc3c(C)c(Cl)ccc3s2)on1. The van der Waals surface area contributed by atoms with E-state index >= 15 is 0 Å². The lowest BCUT2D eigenvalue weighted by molar-refractivity contribution is 0.0949. The molecule has 0 aliphatic carbocycles. The van der Waals surface area contributed by atoms with E-state index < -0.39 is 0 Å². The maximum Gasteiger partial charge on any atom is 0.298 e. The van der Waals surface area contributed by atoms with Crippen molar-refractivity contribution in [3.05, 3.63) is 40.2 Å². The van der Waals surface area contributed by atoms with Crippen LogP contribution in [-0.4, -0.2) is 48.1 Å². The second-order valence-electron chi connectivity index (χ2n) is 6.11. The molecule has 0 bridgehead atoms. The molecule has 0 saturated carbocycles. The molecule has 0 unspecified atom stereocenters. The van der Waals surface area contributed by atoms with E-state index in [-0.39, 0.29) is 11.7 Å². The molecule has 2 aromatic heterocycles. The van der Waals surface area contributed by atoms with E-state index in [0.29, 0.717) is 28.9 Å². The quantitative estimate of drug-likeness (QED) is 0.676. The number of benzene rings is 1. The minimum Gasteiger partial charge on any atom is -0.351 e. The smallest absolute Gasteiger partial charge is 0.298 e. The molecule has 0 saturated heterocycles. The number of anilines is 1. The molecule has 0 N–H and O–H groups in total. The Hall–Kier alpha value is -1.96. The molecule has 0 spiro atoms. The normalized spacial score (nSPS) is 11.4. The Labute approximate surface area is 155 Å². The predicted octanol–water partition coefficient (Wildman–Crippen LogP) is 3.76. The number of aromatic nitrogens is 2. The number of thiazole rings is 1. The van der Waals surface area contributed by atoms with Gasteiger partial charge in [0.25, 0.3) is 5.91 Å². The third kappa shape index (κ3) is 3.68. The van der Waals surface area contributed by atoms with Gasteiger partial charge in [0.2, 0.25) is 5.76 Å². The van der Waals surface area contributed by atoms with Gasteiger partial charge in [0, 0.05) is 24.2 Å². The van der Waals surface area contributed by atoms with Crippen LogP contribution in [0, 0.1) is 13.8 Å². The van der Waals surface area contributed by atoms with Gasteiger partial charge < -0.3 is 9.42 Å². The molecule has 1 aromatic carbocycles. The Morgan fingerprint density at radius 1 is 1.28 bits per heavy atom. The third-order valence-electron chi connectivity index (χ3n) is 3.82. The lowest BCUT2D eigenvalue weighted by Gasteiger charge is -2.20. The van der Waals surface area contributed by atoms with E-state index in [9.17, 15) is 4.79 Å². The fraction of sp³-hybridized carbons (Fsp3) is 0.353. The van der Waals surface area contributed by atoms with Crippen molar-refractivity contribution >= 4 is 44.2 Å². The number of aryl methyl sites for hydroxylation is 2. The van der Waals surface area contributed by atoms with Crippen molar-refractivity contribution in [1.82, 2.24) is 15.0 Å². The average molecular weight is 379 g/mol. The monoisotopic (exact) mass is 378 g/mol. The van der Waals surface area contributed by atoms with Crippen LogP contribution in [0.5, 0.6) is 0 Å². The summed E-state index contributed by atoms with van der Waals surface area (Å²) in [4.78, 5) is 21.2. The van der Waals surface area contributed by atoms with Crippen molar-refractivity contribution in [2.45, 2.75) is 13.8 Å². The van der Waals surface area contributed by atoms with Crippen LogP contribution in [0.25, 0.3) is 10.2 Å². The zero-order valence-corrected chi connectivity index (χ0v) is 16.1. The van der Waals surface area contributed by atoms with Gasteiger partial charge in [-0.2, -0.15) is 0 Å². The van der Waals surface area contributed by atoms with Gasteiger partial charge in [-0.25, -0.2) is 4.98 Å². The van der Waals surface area contributed by atoms with E-state index in [1.807, 2.05) is 38.1 Å². The summed E-state index contributed by atoms with van der Waals surface area (Å²) >= 11 is 7.66. The number of fused-ring (bicyclic) bond motifs is 1. The van der Waals surface area contributed by atoms with Gasteiger partial charge in [-0.05, 0) is 45.6 Å². The van der Waals surface area contributed by atoms with E-state index in [1.165, 1.54) is 11.3 Å². The average Bonchev–Trinajstić information content (AvgIpc) is 3.17. The number of carbonyl (C=O) groups is 1. The van der Waals surface area contributed by atoms with Crippen LogP contribution in [0.15, 0.2) is 22.7 Å². The summed E-state index contributed by atoms with van der Waals surface area (Å²) in [6.07, 6.45) is 0. The first kappa shape index (κ1) is 17.8. The van der Waals surface area contributed by atoms with Crippen LogP contribution >= 0.6 is 22.9 Å². The molecule has 25 heavy (non-hydrogen) atoms. The first-order valence-corrected chi connectivity index (χ1v) is 9.02. The van der Waals surface area contributed by atoms with Gasteiger partial charge in [-0.15, -0.1) is 0 Å². The molecule has 3 aromatic rings. The molecule has 2 heterocycles. The Morgan fingerprint density at radius 3 is 2.68 bits per heavy atom. The van der Waals surface area contributed by atoms with Crippen molar-refractivity contribution in [3.8, 4) is 0 Å².